The van der Waals surface area contributed by atoms with Gasteiger partial charge in [0.15, 0.2) is 0 Å². The van der Waals surface area contributed by atoms with Crippen molar-refractivity contribution in [3.8, 4) is 11.5 Å². The van der Waals surface area contributed by atoms with Crippen LogP contribution in [0, 0.1) is 0 Å². The van der Waals surface area contributed by atoms with Crippen LogP contribution in [0.25, 0.3) is 0 Å². The molecule has 2 aromatic rings. The number of ether oxygens (including phenoxy) is 2. The lowest BCUT2D eigenvalue weighted by Gasteiger charge is -2.20. The number of nitrogens with zero attached hydrogens (tertiary/aromatic N) is 1. The minimum absolute atomic E-state index is 0.274. The van der Waals surface area contributed by atoms with Crippen LogP contribution in [0.1, 0.15) is 15.9 Å². The van der Waals surface area contributed by atoms with Crippen LogP contribution in [0.4, 0.5) is 10.5 Å². The van der Waals surface area contributed by atoms with Crippen molar-refractivity contribution in [1.29, 1.82) is 0 Å². The molecule has 0 unspecified atom stereocenters. The monoisotopic (exact) mass is 357 g/mol. The van der Waals surface area contributed by atoms with E-state index < -0.39 is 5.91 Å². The number of hydroxylamine groups is 1. The molecular formula is C18H19N3O5. The fraction of sp³-hybridized carbons (Fsp3) is 0.222. The van der Waals surface area contributed by atoms with Crippen LogP contribution < -0.4 is 20.3 Å². The molecule has 8 nitrogen and oxygen atoms in total. The van der Waals surface area contributed by atoms with Gasteiger partial charge in [0.05, 0.1) is 20.2 Å². The van der Waals surface area contributed by atoms with E-state index in [1.165, 1.54) is 0 Å². The summed E-state index contributed by atoms with van der Waals surface area (Å²) in [6.45, 7) is 1.02. The summed E-state index contributed by atoms with van der Waals surface area (Å²) in [6.07, 6.45) is 0. The van der Waals surface area contributed by atoms with E-state index in [1.807, 2.05) is 0 Å². The van der Waals surface area contributed by atoms with E-state index >= 15 is 0 Å². The Hall–Kier alpha value is -3.26. The summed E-state index contributed by atoms with van der Waals surface area (Å²) in [7, 11) is 1.58. The summed E-state index contributed by atoms with van der Waals surface area (Å²) in [5, 5.41) is 11.6. The third kappa shape index (κ3) is 3.86. The molecule has 0 aliphatic carbocycles. The number of anilines is 1. The molecule has 1 heterocycles. The molecule has 3 amide bonds. The minimum Gasteiger partial charge on any atom is -0.497 e. The molecular weight excluding hydrogens is 338 g/mol. The van der Waals surface area contributed by atoms with Gasteiger partial charge in [0, 0.05) is 16.8 Å². The van der Waals surface area contributed by atoms with E-state index in [-0.39, 0.29) is 18.1 Å². The zero-order valence-electron chi connectivity index (χ0n) is 14.2. The Morgan fingerprint density at radius 1 is 1.19 bits per heavy atom. The fourth-order valence-corrected chi connectivity index (χ4v) is 2.65. The third-order valence-corrected chi connectivity index (χ3v) is 4.03. The molecule has 0 spiro atoms. The van der Waals surface area contributed by atoms with Gasteiger partial charge in [-0.15, -0.1) is 0 Å². The molecule has 136 valence electrons. The minimum atomic E-state index is -0.619. The first-order valence-corrected chi connectivity index (χ1v) is 8.01. The second-order valence-corrected chi connectivity index (χ2v) is 5.69. The van der Waals surface area contributed by atoms with E-state index in [1.54, 1.807) is 60.0 Å². The predicted octanol–water partition coefficient (Wildman–Crippen LogP) is 2.24. The molecule has 0 atom stereocenters. The average Bonchev–Trinajstić information content (AvgIpc) is 2.89. The van der Waals surface area contributed by atoms with Crippen LogP contribution in [-0.2, 0) is 6.54 Å². The van der Waals surface area contributed by atoms with Crippen LogP contribution in [-0.4, -0.2) is 42.3 Å². The van der Waals surface area contributed by atoms with Gasteiger partial charge >= 0.3 is 6.03 Å². The van der Waals surface area contributed by atoms with Crippen molar-refractivity contribution in [3.05, 3.63) is 53.6 Å². The molecule has 0 saturated heterocycles. The first-order chi connectivity index (χ1) is 12.6. The van der Waals surface area contributed by atoms with E-state index in [2.05, 4.69) is 5.32 Å². The molecule has 0 radical (unpaired) electrons. The molecule has 3 rings (SSSR count). The molecule has 0 aromatic heterocycles. The molecule has 26 heavy (non-hydrogen) atoms. The highest BCUT2D eigenvalue weighted by Gasteiger charge is 2.21. The van der Waals surface area contributed by atoms with Crippen LogP contribution in [0.15, 0.2) is 42.5 Å². The molecule has 1 aliphatic rings. The Labute approximate surface area is 150 Å². The van der Waals surface area contributed by atoms with Crippen LogP contribution in [0.5, 0.6) is 11.5 Å². The Morgan fingerprint density at radius 2 is 1.96 bits per heavy atom. The maximum absolute atomic E-state index is 12.6. The Kier molecular flexibility index (Phi) is 5.23. The first-order valence-electron chi connectivity index (χ1n) is 8.01. The van der Waals surface area contributed by atoms with E-state index in [9.17, 15) is 9.59 Å². The number of benzene rings is 2. The van der Waals surface area contributed by atoms with Crippen LogP contribution in [0.2, 0.25) is 0 Å². The molecule has 2 aromatic carbocycles. The molecule has 3 N–H and O–H groups in total. The molecule has 1 aliphatic heterocycles. The second kappa shape index (κ2) is 7.75. The highest BCUT2D eigenvalue weighted by molar-refractivity contribution is 5.94. The molecule has 0 saturated carbocycles. The zero-order chi connectivity index (χ0) is 18.5. The van der Waals surface area contributed by atoms with Crippen LogP contribution >= 0.6 is 0 Å². The van der Waals surface area contributed by atoms with Crippen molar-refractivity contribution < 1.29 is 24.3 Å². The lowest BCUT2D eigenvalue weighted by Crippen LogP contribution is -2.36. The van der Waals surface area contributed by atoms with Crippen molar-refractivity contribution in [2.24, 2.45) is 0 Å². The molecule has 8 heteroatoms. The lowest BCUT2D eigenvalue weighted by molar-refractivity contribution is 0.0706. The number of carbonyl (C=O) groups is 2. The summed E-state index contributed by atoms with van der Waals surface area (Å²) in [5.74, 6) is 0.695. The highest BCUT2D eigenvalue weighted by Crippen LogP contribution is 2.25. The van der Waals surface area contributed by atoms with Crippen molar-refractivity contribution in [2.75, 3.05) is 25.6 Å². The maximum atomic E-state index is 12.6. The Bertz CT molecular complexity index is 807. The lowest BCUT2D eigenvalue weighted by atomic mass is 10.1. The molecule has 0 bridgehead atoms. The summed E-state index contributed by atoms with van der Waals surface area (Å²) < 4.78 is 10.7. The quantitative estimate of drug-likeness (QED) is 0.578. The highest BCUT2D eigenvalue weighted by atomic mass is 16.5. The van der Waals surface area contributed by atoms with Gasteiger partial charge in [-0.1, -0.05) is 0 Å². The first kappa shape index (κ1) is 17.6. The van der Waals surface area contributed by atoms with Gasteiger partial charge in [0.25, 0.3) is 5.91 Å². The number of urea groups is 1. The Morgan fingerprint density at radius 3 is 2.65 bits per heavy atom. The van der Waals surface area contributed by atoms with Gasteiger partial charge in [0.1, 0.15) is 18.1 Å². The number of methoxy groups -OCH3 is 1. The summed E-state index contributed by atoms with van der Waals surface area (Å²) in [6, 6.07) is 11.6. The normalized spacial score (nSPS) is 13.1. The van der Waals surface area contributed by atoms with Crippen molar-refractivity contribution >= 4 is 17.6 Å². The second-order valence-electron chi connectivity index (χ2n) is 5.69. The number of carbonyl (C=O) groups excluding carboxylic acids is 2. The van der Waals surface area contributed by atoms with Gasteiger partial charge in [0.2, 0.25) is 0 Å². The molecule has 0 fully saturated rings. The number of rotatable bonds is 3. The van der Waals surface area contributed by atoms with Gasteiger partial charge in [-0.2, -0.15) is 0 Å². The summed E-state index contributed by atoms with van der Waals surface area (Å²) in [5.41, 5.74) is 3.22. The van der Waals surface area contributed by atoms with Crippen LogP contribution in [0.3, 0.4) is 0 Å². The fourth-order valence-electron chi connectivity index (χ4n) is 2.65. The summed E-state index contributed by atoms with van der Waals surface area (Å²) in [4.78, 5) is 25.8. The smallest absolute Gasteiger partial charge is 0.322 e. The van der Waals surface area contributed by atoms with Crippen molar-refractivity contribution in [3.63, 3.8) is 0 Å². The average molecular weight is 357 g/mol. The number of amides is 3. The SMILES string of the molecule is COc1ccc(NC(=O)N2CCOc3ccc(C(=O)NO)cc3C2)cc1. The standard InChI is InChI=1S/C18H19N3O5/c1-25-15-5-3-14(4-6-15)19-18(23)21-8-9-26-16-7-2-12(17(22)20-24)10-13(16)11-21/h2-7,10,24H,8-9,11H2,1H3,(H,19,23)(H,20,22). The van der Waals surface area contributed by atoms with E-state index in [4.69, 9.17) is 14.7 Å². The van der Waals surface area contributed by atoms with E-state index in [0.29, 0.717) is 35.9 Å². The van der Waals surface area contributed by atoms with E-state index in [0.717, 1.165) is 0 Å². The predicted molar refractivity (Wildman–Crippen MR) is 93.6 cm³/mol. The third-order valence-electron chi connectivity index (χ3n) is 4.03. The van der Waals surface area contributed by atoms with Gasteiger partial charge in [-0.25, -0.2) is 10.3 Å². The topological polar surface area (TPSA) is 100 Å². The van der Waals surface area contributed by atoms with Gasteiger partial charge in [-0.3, -0.25) is 10.0 Å². The van der Waals surface area contributed by atoms with Crippen molar-refractivity contribution in [1.82, 2.24) is 10.4 Å². The number of fused-ring (bicyclic) bond motifs is 1. The Balaban J connectivity index is 1.74. The van der Waals surface area contributed by atoms with Crippen molar-refractivity contribution in [2.45, 2.75) is 6.54 Å². The number of nitrogens with one attached hydrogen (secondary N) is 2. The maximum Gasteiger partial charge on any atom is 0.322 e. The number of hydrogen-bond acceptors (Lipinski definition) is 5. The number of hydrogen-bond donors (Lipinski definition) is 3. The van der Waals surface area contributed by atoms with Gasteiger partial charge < -0.3 is 19.7 Å². The zero-order valence-corrected chi connectivity index (χ0v) is 14.2. The summed E-state index contributed by atoms with van der Waals surface area (Å²) >= 11 is 0. The largest absolute Gasteiger partial charge is 0.497 e. The van der Waals surface area contributed by atoms with Gasteiger partial charge in [-0.05, 0) is 42.5 Å².